The molecule has 0 saturated heterocycles. The molecule has 0 aromatic carbocycles. The van der Waals surface area contributed by atoms with E-state index < -0.39 is 0 Å². The molecule has 0 aliphatic heterocycles. The molecule has 0 nitrogen and oxygen atoms in total. The molecule has 0 aliphatic rings. The molecule has 2 heteroatoms. The molecule has 0 bridgehead atoms. The van der Waals surface area contributed by atoms with E-state index in [1.165, 1.54) is 103 Å². The van der Waals surface area contributed by atoms with Gasteiger partial charge in [-0.05, 0) is 0 Å². The molecule has 0 amide bonds. The van der Waals surface area contributed by atoms with Gasteiger partial charge in [-0.1, -0.05) is 130 Å². The second-order valence-corrected chi connectivity index (χ2v) is 7.66. The van der Waals surface area contributed by atoms with Gasteiger partial charge >= 0.3 is 36.2 Å². The zero-order chi connectivity index (χ0) is 22.1. The van der Waals surface area contributed by atoms with Crippen LogP contribution in [-0.4, -0.2) is 17.4 Å². The van der Waals surface area contributed by atoms with Gasteiger partial charge in [0.2, 0.25) is 0 Å². The van der Waals surface area contributed by atoms with E-state index in [4.69, 9.17) is 0 Å². The van der Waals surface area contributed by atoms with Gasteiger partial charge in [-0.2, -0.15) is 25.7 Å². The number of unbranched alkanes of at least 4 members (excludes halogenated alkanes) is 16. The zero-order valence-corrected chi connectivity index (χ0v) is 23.7. The van der Waals surface area contributed by atoms with E-state index in [1.807, 2.05) is 0 Å². The maximum absolute atomic E-state index is 3.78. The van der Waals surface area contributed by atoms with Crippen molar-refractivity contribution in [1.82, 2.24) is 0 Å². The van der Waals surface area contributed by atoms with Crippen LogP contribution in [0.5, 0.6) is 0 Å². The predicted octanol–water partition coefficient (Wildman–Crippen LogP) is 7.79. The summed E-state index contributed by atoms with van der Waals surface area (Å²) in [6, 6.07) is 0. The molecule has 0 fully saturated rings. The summed E-state index contributed by atoms with van der Waals surface area (Å²) in [5, 5.41) is 0. The summed E-state index contributed by atoms with van der Waals surface area (Å²) in [5.74, 6) is 0. The molecule has 30 heavy (non-hydrogen) atoms. The largest absolute Gasteiger partial charge is 3.00 e. The first-order valence-electron chi connectivity index (χ1n) is 12.8. The molecule has 0 aromatic rings. The molecule has 0 heterocycles. The summed E-state index contributed by atoms with van der Waals surface area (Å²) in [5.41, 5.74) is 0. The average Bonchev–Trinajstić information content (AvgIpc) is 2.73. The smallest absolute Gasteiger partial charge is 0.343 e. The normalized spacial score (nSPS) is 8.80. The van der Waals surface area contributed by atoms with Crippen molar-refractivity contribution in [3.8, 4) is 0 Å². The fourth-order valence-corrected chi connectivity index (χ4v) is 2.34. The van der Waals surface area contributed by atoms with Crippen molar-refractivity contribution in [3.63, 3.8) is 0 Å². The third-order valence-electron chi connectivity index (χ3n) is 4.41. The van der Waals surface area contributed by atoms with Crippen LogP contribution < -0.4 is 18.9 Å². The van der Waals surface area contributed by atoms with E-state index in [0.717, 1.165) is 25.7 Å². The molecule has 0 aliphatic carbocycles. The van der Waals surface area contributed by atoms with E-state index in [0.29, 0.717) is 0 Å². The second-order valence-electron chi connectivity index (χ2n) is 7.66. The first-order valence-corrected chi connectivity index (χ1v) is 12.8. The summed E-state index contributed by atoms with van der Waals surface area (Å²) in [6.45, 7) is 23.8. The van der Waals surface area contributed by atoms with E-state index in [-0.39, 0.29) is 36.2 Å². The van der Waals surface area contributed by atoms with E-state index in [9.17, 15) is 0 Å². The fourth-order valence-electron chi connectivity index (χ4n) is 2.34. The van der Waals surface area contributed by atoms with Gasteiger partial charge < -0.3 is 27.7 Å². The van der Waals surface area contributed by atoms with Crippen molar-refractivity contribution in [3.05, 3.63) is 27.7 Å². The van der Waals surface area contributed by atoms with Crippen LogP contribution in [0, 0.1) is 27.7 Å². The Labute approximate surface area is 219 Å². The Morgan fingerprint density at radius 2 is 0.533 bits per heavy atom. The Morgan fingerprint density at radius 3 is 0.667 bits per heavy atom. The molecule has 0 aromatic heterocycles. The van der Waals surface area contributed by atoms with Gasteiger partial charge in [-0.25, -0.2) is 0 Å². The van der Waals surface area contributed by atoms with Crippen molar-refractivity contribution < 1.29 is 18.9 Å². The Kier molecular flexibility index (Phi) is 85.4. The molecular weight excluding hydrogens is 370 g/mol. The molecular formula is C28H60AlLi. The number of rotatable bonds is 16. The average molecular weight is 431 g/mol. The van der Waals surface area contributed by atoms with Gasteiger partial charge in [0.1, 0.15) is 0 Å². The SMILES string of the molecule is [Al+3].[CH2-]CCC.[CH2-]CCCCCCC.[CH2-]CCCCCCC.[CH2-]CCCCCCC.[Li+]. The fraction of sp³-hybridized carbons (Fsp3) is 0.857. The molecule has 0 N–H and O–H groups in total. The first-order chi connectivity index (χ1) is 13.7. The molecule has 0 saturated carbocycles. The number of hydrogen-bond acceptors (Lipinski definition) is 0. The van der Waals surface area contributed by atoms with E-state index >= 15 is 0 Å². The van der Waals surface area contributed by atoms with Crippen LogP contribution in [0.2, 0.25) is 0 Å². The van der Waals surface area contributed by atoms with Crippen molar-refractivity contribution in [2.75, 3.05) is 0 Å². The third-order valence-corrected chi connectivity index (χ3v) is 4.41. The molecule has 0 unspecified atom stereocenters. The van der Waals surface area contributed by atoms with Crippen LogP contribution in [0.3, 0.4) is 0 Å². The number of hydrogen-bond donors (Lipinski definition) is 0. The van der Waals surface area contributed by atoms with Crippen molar-refractivity contribution >= 4 is 17.4 Å². The topological polar surface area (TPSA) is 0 Å². The Morgan fingerprint density at radius 1 is 0.333 bits per heavy atom. The maximum atomic E-state index is 3.78. The summed E-state index contributed by atoms with van der Waals surface area (Å²) < 4.78 is 0. The van der Waals surface area contributed by atoms with Gasteiger partial charge in [0.05, 0.1) is 0 Å². The molecule has 0 spiro atoms. The first kappa shape index (κ1) is 44.7. The molecule has 0 rings (SSSR count). The molecule has 0 atom stereocenters. The second kappa shape index (κ2) is 57.3. The van der Waals surface area contributed by atoms with E-state index in [2.05, 4.69) is 55.4 Å². The van der Waals surface area contributed by atoms with Crippen molar-refractivity contribution in [1.29, 1.82) is 0 Å². The minimum absolute atomic E-state index is 0. The van der Waals surface area contributed by atoms with Crippen LogP contribution in [0.25, 0.3) is 0 Å². The quantitative estimate of drug-likeness (QED) is 0.133. The predicted molar refractivity (Wildman–Crippen MR) is 142 cm³/mol. The summed E-state index contributed by atoms with van der Waals surface area (Å²) in [7, 11) is 0. The van der Waals surface area contributed by atoms with Gasteiger partial charge in [-0.15, -0.1) is 0 Å². The van der Waals surface area contributed by atoms with E-state index in [1.54, 1.807) is 0 Å². The van der Waals surface area contributed by atoms with Crippen LogP contribution in [-0.2, 0) is 0 Å². The van der Waals surface area contributed by atoms with Crippen molar-refractivity contribution in [2.45, 2.75) is 156 Å². The zero-order valence-electron chi connectivity index (χ0n) is 22.5. The minimum Gasteiger partial charge on any atom is -0.343 e. The van der Waals surface area contributed by atoms with Crippen LogP contribution in [0.4, 0.5) is 0 Å². The Hall–Kier alpha value is 1.13. The Bertz CT molecular complexity index is 137. The third kappa shape index (κ3) is 78.6. The standard InChI is InChI=1S/3C8H17.C4H9.Al.Li/c3*1-3-5-7-8-6-4-2;1-3-4-2;;/h3*1,3-8H2,2H3;1,3-4H2,2H3;;/q4*-1;+3;+1. The molecule has 176 valence electrons. The maximum Gasteiger partial charge on any atom is 3.00 e. The van der Waals surface area contributed by atoms with Gasteiger partial charge in [0, 0.05) is 0 Å². The monoisotopic (exact) mass is 430 g/mol. The van der Waals surface area contributed by atoms with Crippen LogP contribution >= 0.6 is 0 Å². The van der Waals surface area contributed by atoms with Crippen molar-refractivity contribution in [2.24, 2.45) is 0 Å². The minimum atomic E-state index is 0. The summed E-state index contributed by atoms with van der Waals surface area (Å²) >= 11 is 0. The summed E-state index contributed by atoms with van der Waals surface area (Å²) in [6.07, 6.45) is 26.2. The van der Waals surface area contributed by atoms with Gasteiger partial charge in [0.15, 0.2) is 0 Å². The van der Waals surface area contributed by atoms with Gasteiger partial charge in [-0.3, -0.25) is 0 Å². The van der Waals surface area contributed by atoms with Crippen LogP contribution in [0.1, 0.15) is 156 Å². The summed E-state index contributed by atoms with van der Waals surface area (Å²) in [4.78, 5) is 0. The van der Waals surface area contributed by atoms with Crippen LogP contribution in [0.15, 0.2) is 0 Å². The van der Waals surface area contributed by atoms with Gasteiger partial charge in [0.25, 0.3) is 0 Å². The molecule has 0 radical (unpaired) electrons. The Balaban J connectivity index is -0.0000000642.